The molecule has 1 atom stereocenters. The zero-order chi connectivity index (χ0) is 14.5. The van der Waals surface area contributed by atoms with Gasteiger partial charge in [-0.05, 0) is 27.2 Å². The highest BCUT2D eigenvalue weighted by atomic mass is 32.1. The van der Waals surface area contributed by atoms with Crippen LogP contribution in [-0.4, -0.2) is 41.3 Å². The summed E-state index contributed by atoms with van der Waals surface area (Å²) in [5, 5.41) is 2.73. The van der Waals surface area contributed by atoms with Crippen molar-refractivity contribution in [1.82, 2.24) is 10.2 Å². The second-order valence-electron chi connectivity index (χ2n) is 4.93. The summed E-state index contributed by atoms with van der Waals surface area (Å²) >= 11 is 4.94. The summed E-state index contributed by atoms with van der Waals surface area (Å²) in [5.74, 6) is -0.418. The molecule has 0 fully saturated rings. The number of carbonyl (C=O) groups excluding carboxylic acids is 2. The average molecular weight is 273 g/mol. The zero-order valence-electron chi connectivity index (χ0n) is 11.7. The highest BCUT2D eigenvalue weighted by Gasteiger charge is 2.37. The van der Waals surface area contributed by atoms with Crippen LogP contribution in [0.4, 0.5) is 0 Å². The summed E-state index contributed by atoms with van der Waals surface area (Å²) in [6, 6.07) is 0.0501. The van der Waals surface area contributed by atoms with E-state index in [0.717, 1.165) is 0 Å². The van der Waals surface area contributed by atoms with Gasteiger partial charge in [0.2, 0.25) is 11.8 Å². The molecule has 0 saturated carbocycles. The van der Waals surface area contributed by atoms with Gasteiger partial charge in [-0.25, -0.2) is 0 Å². The van der Waals surface area contributed by atoms with Crippen LogP contribution in [0.15, 0.2) is 0 Å². The van der Waals surface area contributed by atoms with Crippen LogP contribution in [0.2, 0.25) is 0 Å². The second kappa shape index (κ2) is 6.68. The van der Waals surface area contributed by atoms with Gasteiger partial charge in [0, 0.05) is 13.1 Å². The predicted molar refractivity (Wildman–Crippen MR) is 76.1 cm³/mol. The van der Waals surface area contributed by atoms with Crippen molar-refractivity contribution in [2.24, 2.45) is 11.1 Å². The van der Waals surface area contributed by atoms with Gasteiger partial charge < -0.3 is 16.0 Å². The van der Waals surface area contributed by atoms with Crippen molar-refractivity contribution in [2.75, 3.05) is 13.6 Å². The van der Waals surface area contributed by atoms with Crippen LogP contribution in [0.5, 0.6) is 0 Å². The Bertz CT molecular complexity index is 344. The highest BCUT2D eigenvalue weighted by molar-refractivity contribution is 7.80. The van der Waals surface area contributed by atoms with E-state index < -0.39 is 5.41 Å². The third-order valence-corrected chi connectivity index (χ3v) is 3.35. The van der Waals surface area contributed by atoms with Gasteiger partial charge in [-0.3, -0.25) is 9.59 Å². The van der Waals surface area contributed by atoms with Crippen molar-refractivity contribution in [2.45, 2.75) is 40.2 Å². The molecule has 0 radical (unpaired) electrons. The maximum absolute atomic E-state index is 12.2. The number of nitrogens with two attached hydrogens (primary N) is 1. The summed E-state index contributed by atoms with van der Waals surface area (Å²) in [5.41, 5.74) is 4.73. The molecule has 3 N–H and O–H groups in total. The van der Waals surface area contributed by atoms with E-state index in [4.69, 9.17) is 18.0 Å². The van der Waals surface area contributed by atoms with E-state index in [9.17, 15) is 9.59 Å². The Hall–Kier alpha value is -1.17. The lowest BCUT2D eigenvalue weighted by Crippen LogP contribution is -2.50. The van der Waals surface area contributed by atoms with Crippen molar-refractivity contribution >= 4 is 29.0 Å². The van der Waals surface area contributed by atoms with Crippen LogP contribution in [0, 0.1) is 5.41 Å². The molecule has 0 aliphatic carbocycles. The van der Waals surface area contributed by atoms with Crippen LogP contribution in [-0.2, 0) is 9.59 Å². The number of amides is 2. The Morgan fingerprint density at radius 1 is 1.44 bits per heavy atom. The van der Waals surface area contributed by atoms with Crippen molar-refractivity contribution in [1.29, 1.82) is 0 Å². The molecular formula is C12H23N3O2S. The van der Waals surface area contributed by atoms with E-state index in [0.29, 0.717) is 6.42 Å². The number of nitrogens with zero attached hydrogens (tertiary/aromatic N) is 1. The normalized spacial score (nSPS) is 13.9. The SMILES string of the molecule is CCC(C)(C(=O)N(C)CC(=O)NC(C)C)C(N)=S. The number of likely N-dealkylation sites (N-methyl/N-ethyl adjacent to an activating group) is 1. The Kier molecular flexibility index (Phi) is 6.25. The molecule has 6 heteroatoms. The molecule has 0 spiro atoms. The molecule has 0 aromatic carbocycles. The minimum Gasteiger partial charge on any atom is -0.392 e. The van der Waals surface area contributed by atoms with E-state index in [1.54, 1.807) is 14.0 Å². The van der Waals surface area contributed by atoms with Crippen LogP contribution in [0.25, 0.3) is 0 Å². The molecule has 0 aromatic heterocycles. The molecule has 2 amide bonds. The molecule has 0 aliphatic heterocycles. The third-order valence-electron chi connectivity index (χ3n) is 2.90. The first-order valence-electron chi connectivity index (χ1n) is 6.00. The van der Waals surface area contributed by atoms with E-state index in [2.05, 4.69) is 5.32 Å². The van der Waals surface area contributed by atoms with Gasteiger partial charge >= 0.3 is 0 Å². The summed E-state index contributed by atoms with van der Waals surface area (Å²) in [6.45, 7) is 7.29. The quantitative estimate of drug-likeness (QED) is 0.698. The smallest absolute Gasteiger partial charge is 0.239 e. The largest absolute Gasteiger partial charge is 0.392 e. The number of carbonyl (C=O) groups is 2. The highest BCUT2D eigenvalue weighted by Crippen LogP contribution is 2.24. The van der Waals surface area contributed by atoms with E-state index in [1.807, 2.05) is 20.8 Å². The summed E-state index contributed by atoms with van der Waals surface area (Å²) in [6.07, 6.45) is 0.511. The predicted octanol–water partition coefficient (Wildman–Crippen LogP) is 0.672. The fourth-order valence-corrected chi connectivity index (χ4v) is 1.74. The topological polar surface area (TPSA) is 75.4 Å². The molecule has 5 nitrogen and oxygen atoms in total. The minimum atomic E-state index is -0.887. The summed E-state index contributed by atoms with van der Waals surface area (Å²) in [7, 11) is 1.58. The van der Waals surface area contributed by atoms with Gasteiger partial charge in [0.05, 0.1) is 16.9 Å². The molecule has 0 aliphatic rings. The first kappa shape index (κ1) is 16.8. The van der Waals surface area contributed by atoms with Crippen molar-refractivity contribution < 1.29 is 9.59 Å². The van der Waals surface area contributed by atoms with Gasteiger partial charge in [-0.1, -0.05) is 19.1 Å². The van der Waals surface area contributed by atoms with Gasteiger partial charge in [0.25, 0.3) is 0 Å². The lowest BCUT2D eigenvalue weighted by atomic mass is 9.86. The number of hydrogen-bond donors (Lipinski definition) is 2. The lowest BCUT2D eigenvalue weighted by Gasteiger charge is -2.30. The van der Waals surface area contributed by atoms with Gasteiger partial charge in [-0.15, -0.1) is 0 Å². The molecule has 0 saturated heterocycles. The number of hydrogen-bond acceptors (Lipinski definition) is 3. The minimum absolute atomic E-state index is 0.00914. The second-order valence-corrected chi connectivity index (χ2v) is 5.37. The maximum Gasteiger partial charge on any atom is 0.239 e. The van der Waals surface area contributed by atoms with Gasteiger partial charge in [0.1, 0.15) is 0 Å². The molecule has 1 unspecified atom stereocenters. The van der Waals surface area contributed by atoms with Crippen molar-refractivity contribution in [3.05, 3.63) is 0 Å². The van der Waals surface area contributed by atoms with E-state index in [-0.39, 0.29) is 29.4 Å². The molecular weight excluding hydrogens is 250 g/mol. The number of rotatable bonds is 6. The Morgan fingerprint density at radius 2 is 1.94 bits per heavy atom. The summed E-state index contributed by atoms with van der Waals surface area (Å²) in [4.78, 5) is 25.3. The maximum atomic E-state index is 12.2. The lowest BCUT2D eigenvalue weighted by molar-refractivity contribution is -0.140. The first-order chi connectivity index (χ1) is 8.15. The Morgan fingerprint density at radius 3 is 2.28 bits per heavy atom. The van der Waals surface area contributed by atoms with Crippen molar-refractivity contribution in [3.8, 4) is 0 Å². The van der Waals surface area contributed by atoms with E-state index >= 15 is 0 Å². The van der Waals surface area contributed by atoms with Crippen LogP contribution >= 0.6 is 12.2 Å². The molecule has 0 bridgehead atoms. The van der Waals surface area contributed by atoms with Crippen LogP contribution in [0.3, 0.4) is 0 Å². The van der Waals surface area contributed by atoms with E-state index in [1.165, 1.54) is 4.90 Å². The monoisotopic (exact) mass is 273 g/mol. The van der Waals surface area contributed by atoms with Crippen molar-refractivity contribution in [3.63, 3.8) is 0 Å². The molecule has 0 aromatic rings. The Balaban J connectivity index is 4.69. The zero-order valence-corrected chi connectivity index (χ0v) is 12.6. The standard InChI is InChI=1S/C12H23N3O2S/c1-6-12(4,10(13)18)11(17)15(5)7-9(16)14-8(2)3/h8H,6-7H2,1-5H3,(H2,13,18)(H,14,16). The molecule has 18 heavy (non-hydrogen) atoms. The molecule has 104 valence electrons. The first-order valence-corrected chi connectivity index (χ1v) is 6.40. The fraction of sp³-hybridized carbons (Fsp3) is 0.750. The molecule has 0 heterocycles. The van der Waals surface area contributed by atoms with Crippen LogP contribution < -0.4 is 11.1 Å². The third kappa shape index (κ3) is 4.25. The van der Waals surface area contributed by atoms with Gasteiger partial charge in [0.15, 0.2) is 0 Å². The van der Waals surface area contributed by atoms with Gasteiger partial charge in [-0.2, -0.15) is 0 Å². The van der Waals surface area contributed by atoms with Crippen LogP contribution in [0.1, 0.15) is 34.1 Å². The number of nitrogens with one attached hydrogen (secondary N) is 1. The summed E-state index contributed by atoms with van der Waals surface area (Å²) < 4.78 is 0. The number of thiocarbonyl (C=S) groups is 1. The molecule has 0 rings (SSSR count). The Labute approximate surface area is 114 Å². The average Bonchev–Trinajstić information content (AvgIpc) is 2.25. The fourth-order valence-electron chi connectivity index (χ4n) is 1.51.